The first kappa shape index (κ1) is 21.2. The van der Waals surface area contributed by atoms with E-state index in [1.807, 2.05) is 61.9 Å². The van der Waals surface area contributed by atoms with Gasteiger partial charge in [-0.05, 0) is 48.5 Å². The molecule has 8 nitrogen and oxygen atoms in total. The normalized spacial score (nSPS) is 15.1. The fraction of sp³-hybridized carbons (Fsp3) is 0.280. The number of nitrogens with one attached hydrogen (secondary N) is 1. The van der Waals surface area contributed by atoms with E-state index in [2.05, 4.69) is 43.5 Å². The van der Waals surface area contributed by atoms with Gasteiger partial charge in [0.1, 0.15) is 0 Å². The van der Waals surface area contributed by atoms with Crippen LogP contribution in [0.1, 0.15) is 15.9 Å². The van der Waals surface area contributed by atoms with E-state index in [0.717, 1.165) is 60.3 Å². The van der Waals surface area contributed by atoms with Crippen LogP contribution < -0.4 is 5.32 Å². The second-order valence-corrected chi connectivity index (χ2v) is 8.64. The quantitative estimate of drug-likeness (QED) is 0.513. The lowest BCUT2D eigenvalue weighted by Crippen LogP contribution is -2.43. The van der Waals surface area contributed by atoms with Crippen LogP contribution in [0, 0.1) is 0 Å². The maximum Gasteiger partial charge on any atom is 0.256 e. The first-order chi connectivity index (χ1) is 16.0. The monoisotopic (exact) mass is 441 g/mol. The summed E-state index contributed by atoms with van der Waals surface area (Å²) in [5, 5.41) is 16.5. The summed E-state index contributed by atoms with van der Waals surface area (Å²) < 4.78 is 1.77. The van der Waals surface area contributed by atoms with Gasteiger partial charge in [-0.25, -0.2) is 0 Å². The van der Waals surface area contributed by atoms with Crippen LogP contribution >= 0.6 is 0 Å². The molecule has 0 unspecified atom stereocenters. The Morgan fingerprint density at radius 1 is 0.970 bits per heavy atom. The Bertz CT molecular complexity index is 1290. The predicted molar refractivity (Wildman–Crippen MR) is 129 cm³/mol. The highest BCUT2D eigenvalue weighted by Crippen LogP contribution is 2.24. The number of piperazine rings is 1. The molecule has 1 fully saturated rings. The largest absolute Gasteiger partial charge is 0.305 e. The summed E-state index contributed by atoms with van der Waals surface area (Å²) in [5.41, 5.74) is 4.59. The van der Waals surface area contributed by atoms with Gasteiger partial charge < -0.3 is 10.2 Å². The summed E-state index contributed by atoms with van der Waals surface area (Å²) in [5.74, 6) is 0.243. The molecule has 1 aliphatic heterocycles. The van der Waals surface area contributed by atoms with Gasteiger partial charge in [0.15, 0.2) is 5.82 Å². The highest BCUT2D eigenvalue weighted by Gasteiger charge is 2.15. The van der Waals surface area contributed by atoms with Crippen molar-refractivity contribution in [1.29, 1.82) is 0 Å². The molecule has 168 valence electrons. The zero-order chi connectivity index (χ0) is 22.8. The van der Waals surface area contributed by atoms with Crippen molar-refractivity contribution in [1.82, 2.24) is 29.8 Å². The molecule has 0 spiro atoms. The molecular formula is C25H27N7O. The average Bonchev–Trinajstić information content (AvgIpc) is 3.26. The summed E-state index contributed by atoms with van der Waals surface area (Å²) >= 11 is 0. The van der Waals surface area contributed by atoms with Gasteiger partial charge in [0.05, 0.1) is 11.7 Å². The Morgan fingerprint density at radius 3 is 2.61 bits per heavy atom. The van der Waals surface area contributed by atoms with Gasteiger partial charge in [-0.2, -0.15) is 5.10 Å². The highest BCUT2D eigenvalue weighted by atomic mass is 16.1. The molecular weight excluding hydrogens is 414 g/mol. The number of carbonyl (C=O) groups is 1. The molecule has 2 aromatic heterocycles. The average molecular weight is 442 g/mol. The molecule has 33 heavy (non-hydrogen) atoms. The molecule has 3 heterocycles. The second-order valence-electron chi connectivity index (χ2n) is 8.64. The Hall–Kier alpha value is -3.62. The van der Waals surface area contributed by atoms with Crippen LogP contribution in [0.4, 0.5) is 5.82 Å². The number of hydrogen-bond acceptors (Lipinski definition) is 6. The third kappa shape index (κ3) is 4.92. The molecule has 4 aromatic rings. The predicted octanol–water partition coefficient (Wildman–Crippen LogP) is 3.03. The number of fused-ring (bicyclic) bond motifs is 1. The first-order valence-corrected chi connectivity index (χ1v) is 11.1. The number of hydrogen-bond donors (Lipinski definition) is 1. The van der Waals surface area contributed by atoms with Crippen molar-refractivity contribution in [3.63, 3.8) is 0 Å². The van der Waals surface area contributed by atoms with E-state index < -0.39 is 0 Å². The highest BCUT2D eigenvalue weighted by molar-refractivity contribution is 6.04. The molecule has 1 aliphatic rings. The van der Waals surface area contributed by atoms with Gasteiger partial charge in [0, 0.05) is 62.5 Å². The molecule has 0 radical (unpaired) electrons. The van der Waals surface area contributed by atoms with Crippen molar-refractivity contribution < 1.29 is 4.79 Å². The molecule has 0 aliphatic carbocycles. The SMILES string of the molecule is CN1CCN(Cc2cccc(C(=O)Nc3cc4cc(-c5cnn(C)c5)ccc4nn3)c2)CC1. The molecule has 1 saturated heterocycles. The maximum absolute atomic E-state index is 12.9. The van der Waals surface area contributed by atoms with Crippen molar-refractivity contribution >= 4 is 22.6 Å². The van der Waals surface area contributed by atoms with Gasteiger partial charge in [0.2, 0.25) is 0 Å². The Labute approximate surface area is 192 Å². The molecule has 5 rings (SSSR count). The Balaban J connectivity index is 1.31. The fourth-order valence-corrected chi connectivity index (χ4v) is 4.12. The molecule has 8 heteroatoms. The fourth-order valence-electron chi connectivity index (χ4n) is 4.12. The van der Waals surface area contributed by atoms with Crippen LogP contribution in [0.15, 0.2) is 60.9 Å². The minimum atomic E-state index is -0.188. The van der Waals surface area contributed by atoms with Crippen LogP contribution in [0.3, 0.4) is 0 Å². The first-order valence-electron chi connectivity index (χ1n) is 11.1. The van der Waals surface area contributed by atoms with E-state index in [0.29, 0.717) is 11.4 Å². The maximum atomic E-state index is 12.9. The number of rotatable bonds is 5. The van der Waals surface area contributed by atoms with Gasteiger partial charge in [-0.1, -0.05) is 18.2 Å². The van der Waals surface area contributed by atoms with Crippen LogP contribution in [0.25, 0.3) is 22.0 Å². The molecule has 1 N–H and O–H groups in total. The van der Waals surface area contributed by atoms with Crippen LogP contribution in [0.5, 0.6) is 0 Å². The number of likely N-dealkylation sites (N-methyl/N-ethyl adjacent to an activating group) is 1. The number of benzene rings is 2. The molecule has 2 aromatic carbocycles. The standard InChI is InChI=1S/C25H27N7O/c1-30-8-10-32(11-9-30)16-18-4-3-5-20(12-18)25(33)27-24-14-21-13-19(6-7-23(21)28-29-24)22-15-26-31(2)17-22/h3-7,12-15,17H,8-11,16H2,1-2H3,(H,27,29,33). The van der Waals surface area contributed by atoms with E-state index in [1.54, 1.807) is 4.68 Å². The summed E-state index contributed by atoms with van der Waals surface area (Å²) in [6.07, 6.45) is 3.79. The zero-order valence-corrected chi connectivity index (χ0v) is 18.9. The Morgan fingerprint density at radius 2 is 1.82 bits per heavy atom. The van der Waals surface area contributed by atoms with Crippen molar-refractivity contribution in [2.24, 2.45) is 7.05 Å². The summed E-state index contributed by atoms with van der Waals surface area (Å²) in [4.78, 5) is 17.7. The molecule has 0 atom stereocenters. The van der Waals surface area contributed by atoms with Crippen molar-refractivity contribution in [3.8, 4) is 11.1 Å². The van der Waals surface area contributed by atoms with Crippen LogP contribution in [-0.2, 0) is 13.6 Å². The minimum absolute atomic E-state index is 0.188. The Kier molecular flexibility index (Phi) is 5.85. The molecule has 0 saturated carbocycles. The summed E-state index contributed by atoms with van der Waals surface area (Å²) in [6.45, 7) is 5.08. The second kappa shape index (κ2) is 9.09. The minimum Gasteiger partial charge on any atom is -0.305 e. The van der Waals surface area contributed by atoms with Gasteiger partial charge in [-0.15, -0.1) is 10.2 Å². The molecule has 1 amide bonds. The lowest BCUT2D eigenvalue weighted by molar-refractivity contribution is 0.102. The van der Waals surface area contributed by atoms with Crippen molar-refractivity contribution in [2.45, 2.75) is 6.54 Å². The topological polar surface area (TPSA) is 79.2 Å². The van der Waals surface area contributed by atoms with Gasteiger partial charge >= 0.3 is 0 Å². The lowest BCUT2D eigenvalue weighted by Gasteiger charge is -2.32. The number of anilines is 1. The van der Waals surface area contributed by atoms with E-state index in [9.17, 15) is 4.79 Å². The van der Waals surface area contributed by atoms with E-state index in [1.165, 1.54) is 0 Å². The van der Waals surface area contributed by atoms with Crippen molar-refractivity contribution in [2.75, 3.05) is 38.5 Å². The zero-order valence-electron chi connectivity index (χ0n) is 18.9. The van der Waals surface area contributed by atoms with E-state index >= 15 is 0 Å². The van der Waals surface area contributed by atoms with Crippen LogP contribution in [0.2, 0.25) is 0 Å². The van der Waals surface area contributed by atoms with Crippen LogP contribution in [-0.4, -0.2) is 68.9 Å². The smallest absolute Gasteiger partial charge is 0.256 e. The third-order valence-corrected chi connectivity index (χ3v) is 6.06. The van der Waals surface area contributed by atoms with E-state index in [-0.39, 0.29) is 5.91 Å². The summed E-state index contributed by atoms with van der Waals surface area (Å²) in [6, 6.07) is 15.6. The van der Waals surface area contributed by atoms with E-state index in [4.69, 9.17) is 0 Å². The summed E-state index contributed by atoms with van der Waals surface area (Å²) in [7, 11) is 4.04. The number of aromatic nitrogens is 4. The van der Waals surface area contributed by atoms with Gasteiger partial charge in [0.25, 0.3) is 5.91 Å². The number of aryl methyl sites for hydroxylation is 1. The third-order valence-electron chi connectivity index (χ3n) is 6.06. The van der Waals surface area contributed by atoms with Crippen molar-refractivity contribution in [3.05, 3.63) is 72.1 Å². The number of nitrogens with zero attached hydrogens (tertiary/aromatic N) is 6. The number of amides is 1. The lowest BCUT2D eigenvalue weighted by atomic mass is 10.1. The molecule has 0 bridgehead atoms. The number of carbonyl (C=O) groups excluding carboxylic acids is 1. The van der Waals surface area contributed by atoms with Gasteiger partial charge in [-0.3, -0.25) is 14.4 Å².